The fourth-order valence-corrected chi connectivity index (χ4v) is 2.84. The van der Waals surface area contributed by atoms with Gasteiger partial charge in [0, 0.05) is 29.7 Å². The molecule has 1 aliphatic heterocycles. The number of rotatable bonds is 2. The second-order valence-electron chi connectivity index (χ2n) is 4.37. The highest BCUT2D eigenvalue weighted by Gasteiger charge is 2.27. The summed E-state index contributed by atoms with van der Waals surface area (Å²) in [6.07, 6.45) is 2.29. The molecule has 3 nitrogen and oxygen atoms in total. The third-order valence-electron chi connectivity index (χ3n) is 3.06. The van der Waals surface area contributed by atoms with Gasteiger partial charge in [0.25, 0.3) is 0 Å². The average Bonchev–Trinajstić information content (AvgIpc) is 2.85. The monoisotopic (exact) mass is 293 g/mol. The van der Waals surface area contributed by atoms with Crippen molar-refractivity contribution in [1.82, 2.24) is 4.90 Å². The molecule has 1 saturated heterocycles. The van der Waals surface area contributed by atoms with Crippen LogP contribution in [0.2, 0.25) is 0 Å². The molecule has 1 aromatic heterocycles. The van der Waals surface area contributed by atoms with Crippen LogP contribution in [0, 0.1) is 0 Å². The number of carbonyl (C=O) groups excluding carboxylic acids is 1. The van der Waals surface area contributed by atoms with Crippen molar-refractivity contribution in [2.45, 2.75) is 17.8 Å². The van der Waals surface area contributed by atoms with Crippen molar-refractivity contribution < 1.29 is 9.21 Å². The first-order valence-corrected chi connectivity index (χ1v) is 6.52. The minimum atomic E-state index is 0.221. The lowest BCUT2D eigenvalue weighted by atomic mass is 10.1. The summed E-state index contributed by atoms with van der Waals surface area (Å²) in [7, 11) is 0. The van der Waals surface area contributed by atoms with E-state index in [1.54, 1.807) is 6.26 Å². The summed E-state index contributed by atoms with van der Waals surface area (Å²) in [5, 5.41) is 1.09. The van der Waals surface area contributed by atoms with E-state index >= 15 is 0 Å². The van der Waals surface area contributed by atoms with E-state index in [1.807, 2.05) is 23.1 Å². The van der Waals surface area contributed by atoms with Gasteiger partial charge in [-0.2, -0.15) is 0 Å². The van der Waals surface area contributed by atoms with Gasteiger partial charge in [-0.3, -0.25) is 4.79 Å². The van der Waals surface area contributed by atoms with E-state index in [1.165, 1.54) is 0 Å². The Balaban J connectivity index is 1.82. The Labute approximate surface area is 108 Å². The van der Waals surface area contributed by atoms with E-state index in [2.05, 4.69) is 22.0 Å². The number of nitrogens with zero attached hydrogens (tertiary/aromatic N) is 1. The Morgan fingerprint density at radius 2 is 2.29 bits per heavy atom. The molecule has 1 unspecified atom stereocenters. The van der Waals surface area contributed by atoms with Crippen molar-refractivity contribution >= 4 is 32.8 Å². The largest absolute Gasteiger partial charge is 0.464 e. The molecule has 1 atom stereocenters. The number of amides is 1. The van der Waals surface area contributed by atoms with Gasteiger partial charge in [-0.25, -0.2) is 0 Å². The fraction of sp³-hybridized carbons (Fsp3) is 0.308. The zero-order valence-electron chi connectivity index (χ0n) is 9.23. The smallest absolute Gasteiger partial charge is 0.224 e. The number of benzene rings is 1. The molecule has 1 amide bonds. The predicted octanol–water partition coefficient (Wildman–Crippen LogP) is 2.93. The first-order chi connectivity index (χ1) is 8.22. The van der Waals surface area contributed by atoms with Crippen LogP contribution in [0.4, 0.5) is 0 Å². The number of furan rings is 1. The van der Waals surface area contributed by atoms with Crippen LogP contribution in [0.25, 0.3) is 11.0 Å². The van der Waals surface area contributed by atoms with Gasteiger partial charge < -0.3 is 9.32 Å². The summed E-state index contributed by atoms with van der Waals surface area (Å²) in [5.74, 6) is 0.221. The van der Waals surface area contributed by atoms with E-state index in [-0.39, 0.29) is 5.91 Å². The van der Waals surface area contributed by atoms with Crippen molar-refractivity contribution in [3.63, 3.8) is 0 Å². The standard InChI is InChI=1S/C13H12BrNO2/c14-11-6-13(16)15(8-11)7-9-1-2-12-10(5-9)3-4-17-12/h1-5,11H,6-8H2. The fourth-order valence-electron chi connectivity index (χ4n) is 2.21. The number of hydrogen-bond donors (Lipinski definition) is 0. The van der Waals surface area contributed by atoms with Gasteiger partial charge in [0.1, 0.15) is 5.58 Å². The van der Waals surface area contributed by atoms with Crippen LogP contribution >= 0.6 is 15.9 Å². The lowest BCUT2D eigenvalue weighted by molar-refractivity contribution is -0.128. The number of fused-ring (bicyclic) bond motifs is 1. The van der Waals surface area contributed by atoms with E-state index in [0.717, 1.165) is 23.1 Å². The van der Waals surface area contributed by atoms with Crippen LogP contribution < -0.4 is 0 Å². The molecule has 2 aromatic rings. The Morgan fingerprint density at radius 1 is 1.41 bits per heavy atom. The Morgan fingerprint density at radius 3 is 3.06 bits per heavy atom. The molecule has 0 aliphatic carbocycles. The van der Waals surface area contributed by atoms with E-state index < -0.39 is 0 Å². The summed E-state index contributed by atoms with van der Waals surface area (Å²) < 4.78 is 5.29. The summed E-state index contributed by atoms with van der Waals surface area (Å²) in [5.41, 5.74) is 2.04. The molecule has 1 fully saturated rings. The highest BCUT2D eigenvalue weighted by molar-refractivity contribution is 9.09. The van der Waals surface area contributed by atoms with E-state index in [4.69, 9.17) is 4.42 Å². The summed E-state index contributed by atoms with van der Waals surface area (Å²) in [4.78, 5) is 13.9. The molecular weight excluding hydrogens is 282 g/mol. The molecule has 88 valence electrons. The number of likely N-dealkylation sites (tertiary alicyclic amines) is 1. The van der Waals surface area contributed by atoms with Gasteiger partial charge in [-0.05, 0) is 23.8 Å². The molecule has 0 N–H and O–H groups in total. The highest BCUT2D eigenvalue weighted by Crippen LogP contribution is 2.22. The first-order valence-electron chi connectivity index (χ1n) is 5.60. The second kappa shape index (κ2) is 4.18. The topological polar surface area (TPSA) is 33.5 Å². The number of carbonyl (C=O) groups is 1. The molecule has 1 aliphatic rings. The van der Waals surface area contributed by atoms with Crippen molar-refractivity contribution in [2.75, 3.05) is 6.54 Å². The molecule has 0 saturated carbocycles. The highest BCUT2D eigenvalue weighted by atomic mass is 79.9. The summed E-state index contributed by atoms with van der Waals surface area (Å²) in [6.45, 7) is 1.48. The molecule has 0 bridgehead atoms. The molecule has 17 heavy (non-hydrogen) atoms. The molecule has 4 heteroatoms. The molecule has 2 heterocycles. The van der Waals surface area contributed by atoms with Crippen molar-refractivity contribution in [3.8, 4) is 0 Å². The predicted molar refractivity (Wildman–Crippen MR) is 69.0 cm³/mol. The Bertz CT molecular complexity index is 563. The van der Waals surface area contributed by atoms with E-state index in [0.29, 0.717) is 17.8 Å². The summed E-state index contributed by atoms with van der Waals surface area (Å²) >= 11 is 3.49. The van der Waals surface area contributed by atoms with Crippen LogP contribution in [0.3, 0.4) is 0 Å². The van der Waals surface area contributed by atoms with Gasteiger partial charge in [0.2, 0.25) is 5.91 Å². The van der Waals surface area contributed by atoms with Crippen molar-refractivity contribution in [1.29, 1.82) is 0 Å². The minimum Gasteiger partial charge on any atom is -0.464 e. The van der Waals surface area contributed by atoms with E-state index in [9.17, 15) is 4.79 Å². The molecular formula is C13H12BrNO2. The number of alkyl halides is 1. The molecule has 1 aromatic carbocycles. The van der Waals surface area contributed by atoms with Crippen molar-refractivity contribution in [2.24, 2.45) is 0 Å². The number of halogens is 1. The van der Waals surface area contributed by atoms with Crippen LogP contribution in [0.5, 0.6) is 0 Å². The molecule has 0 radical (unpaired) electrons. The van der Waals surface area contributed by atoms with Crippen LogP contribution in [-0.4, -0.2) is 22.2 Å². The second-order valence-corrected chi connectivity index (χ2v) is 5.66. The van der Waals surface area contributed by atoms with Crippen LogP contribution in [0.15, 0.2) is 34.9 Å². The quantitative estimate of drug-likeness (QED) is 0.798. The SMILES string of the molecule is O=C1CC(Br)CN1Cc1ccc2occc2c1. The first kappa shape index (κ1) is 10.8. The lowest BCUT2D eigenvalue weighted by Crippen LogP contribution is -2.24. The Kier molecular flexibility index (Phi) is 2.67. The van der Waals surface area contributed by atoms with Gasteiger partial charge in [-0.15, -0.1) is 0 Å². The average molecular weight is 294 g/mol. The number of hydrogen-bond acceptors (Lipinski definition) is 2. The normalized spacial score (nSPS) is 20.4. The van der Waals surface area contributed by atoms with Crippen LogP contribution in [-0.2, 0) is 11.3 Å². The maximum atomic E-state index is 11.7. The van der Waals surface area contributed by atoms with Crippen molar-refractivity contribution in [3.05, 3.63) is 36.1 Å². The lowest BCUT2D eigenvalue weighted by Gasteiger charge is -2.15. The third-order valence-corrected chi connectivity index (χ3v) is 3.67. The zero-order chi connectivity index (χ0) is 11.8. The molecule has 3 rings (SSSR count). The Hall–Kier alpha value is -1.29. The zero-order valence-corrected chi connectivity index (χ0v) is 10.8. The van der Waals surface area contributed by atoms with Gasteiger partial charge in [-0.1, -0.05) is 22.0 Å². The van der Waals surface area contributed by atoms with Gasteiger partial charge in [0.15, 0.2) is 0 Å². The maximum absolute atomic E-state index is 11.7. The minimum absolute atomic E-state index is 0.221. The van der Waals surface area contributed by atoms with Gasteiger partial charge in [0.05, 0.1) is 6.26 Å². The third kappa shape index (κ3) is 2.09. The maximum Gasteiger partial charge on any atom is 0.224 e. The molecule has 0 spiro atoms. The summed E-state index contributed by atoms with van der Waals surface area (Å²) in [6, 6.07) is 7.99. The van der Waals surface area contributed by atoms with Gasteiger partial charge >= 0.3 is 0 Å². The van der Waals surface area contributed by atoms with Crippen LogP contribution in [0.1, 0.15) is 12.0 Å².